The molecule has 0 heterocycles. The summed E-state index contributed by atoms with van der Waals surface area (Å²) in [5, 5.41) is 10.7. The lowest BCUT2D eigenvalue weighted by molar-refractivity contribution is 0.155. The van der Waals surface area contributed by atoms with Crippen molar-refractivity contribution in [3.63, 3.8) is 0 Å². The number of hydrogen-bond donors (Lipinski definition) is 1. The predicted molar refractivity (Wildman–Crippen MR) is 82.6 cm³/mol. The summed E-state index contributed by atoms with van der Waals surface area (Å²) in [6, 6.07) is 11.0. The van der Waals surface area contributed by atoms with E-state index >= 15 is 0 Å². The number of aliphatic hydroxyl groups is 1. The van der Waals surface area contributed by atoms with E-state index in [4.69, 9.17) is 11.6 Å². The minimum atomic E-state index is -3.79. The summed E-state index contributed by atoms with van der Waals surface area (Å²) in [4.78, 5) is -0.0280. The van der Waals surface area contributed by atoms with Crippen molar-refractivity contribution in [3.8, 4) is 0 Å². The number of sulfonamides is 1. The third-order valence-corrected chi connectivity index (χ3v) is 5.30. The van der Waals surface area contributed by atoms with Gasteiger partial charge in [0.05, 0.1) is 11.0 Å². The minimum absolute atomic E-state index is 0.0280. The SMILES string of the molecule is CN(CC(O)c1ccc(Cl)cc1)S(=O)(=O)c1ccc(F)cc1. The molecular formula is C15H15ClFNO3S. The van der Waals surface area contributed by atoms with E-state index in [-0.39, 0.29) is 11.4 Å². The Hall–Kier alpha value is -1.47. The molecule has 4 nitrogen and oxygen atoms in total. The lowest BCUT2D eigenvalue weighted by Gasteiger charge is -2.21. The fraction of sp³-hybridized carbons (Fsp3) is 0.200. The van der Waals surface area contributed by atoms with Crippen LogP contribution in [0.2, 0.25) is 5.02 Å². The lowest BCUT2D eigenvalue weighted by Crippen LogP contribution is -2.31. The molecule has 2 aromatic rings. The first kappa shape index (κ1) is 16.9. The predicted octanol–water partition coefficient (Wildman–Crippen LogP) is 2.83. The normalized spacial score (nSPS) is 13.3. The van der Waals surface area contributed by atoms with Gasteiger partial charge in [0.2, 0.25) is 10.0 Å². The molecule has 22 heavy (non-hydrogen) atoms. The van der Waals surface area contributed by atoms with Crippen LogP contribution < -0.4 is 0 Å². The van der Waals surface area contributed by atoms with Crippen molar-refractivity contribution >= 4 is 21.6 Å². The largest absolute Gasteiger partial charge is 0.387 e. The van der Waals surface area contributed by atoms with Crippen LogP contribution in [0, 0.1) is 5.82 Å². The van der Waals surface area contributed by atoms with Crippen molar-refractivity contribution < 1.29 is 17.9 Å². The summed E-state index contributed by atoms with van der Waals surface area (Å²) in [5.41, 5.74) is 0.561. The van der Waals surface area contributed by atoms with Gasteiger partial charge in [-0.05, 0) is 42.0 Å². The quantitative estimate of drug-likeness (QED) is 0.908. The molecule has 0 fully saturated rings. The number of hydrogen-bond acceptors (Lipinski definition) is 3. The second-order valence-corrected chi connectivity index (χ2v) is 7.29. The highest BCUT2D eigenvalue weighted by molar-refractivity contribution is 7.89. The number of halogens is 2. The van der Waals surface area contributed by atoms with Gasteiger partial charge in [-0.3, -0.25) is 0 Å². The van der Waals surface area contributed by atoms with Crippen molar-refractivity contribution in [2.24, 2.45) is 0 Å². The van der Waals surface area contributed by atoms with E-state index in [1.54, 1.807) is 24.3 Å². The Kier molecular flexibility index (Phi) is 5.18. The maximum absolute atomic E-state index is 12.9. The molecular weight excluding hydrogens is 329 g/mol. The molecule has 0 aromatic heterocycles. The Morgan fingerprint density at radius 3 is 2.23 bits per heavy atom. The zero-order chi connectivity index (χ0) is 16.3. The van der Waals surface area contributed by atoms with Crippen LogP contribution in [0.15, 0.2) is 53.4 Å². The summed E-state index contributed by atoms with van der Waals surface area (Å²) in [6.45, 7) is -0.124. The van der Waals surface area contributed by atoms with Crippen LogP contribution in [0.25, 0.3) is 0 Å². The monoisotopic (exact) mass is 343 g/mol. The Bertz CT molecular complexity index is 732. The summed E-state index contributed by atoms with van der Waals surface area (Å²) in [6.07, 6.45) is -0.988. The first-order valence-electron chi connectivity index (χ1n) is 6.46. The van der Waals surface area contributed by atoms with Gasteiger partial charge in [0, 0.05) is 18.6 Å². The summed E-state index contributed by atoms with van der Waals surface area (Å²) in [5.74, 6) is -0.511. The summed E-state index contributed by atoms with van der Waals surface area (Å²) < 4.78 is 38.6. The standard InChI is InChI=1S/C15H15ClFNO3S/c1-18(10-15(19)11-2-4-12(16)5-3-11)22(20,21)14-8-6-13(17)7-9-14/h2-9,15,19H,10H2,1H3. The molecule has 0 aliphatic rings. The van der Waals surface area contributed by atoms with Gasteiger partial charge in [-0.15, -0.1) is 0 Å². The van der Waals surface area contributed by atoms with Crippen molar-refractivity contribution in [1.82, 2.24) is 4.31 Å². The second-order valence-electron chi connectivity index (χ2n) is 4.81. The van der Waals surface area contributed by atoms with Gasteiger partial charge < -0.3 is 5.11 Å². The average molecular weight is 344 g/mol. The molecule has 0 amide bonds. The molecule has 2 rings (SSSR count). The second kappa shape index (κ2) is 6.75. The highest BCUT2D eigenvalue weighted by Crippen LogP contribution is 2.21. The molecule has 0 saturated heterocycles. The smallest absolute Gasteiger partial charge is 0.242 e. The molecule has 0 aliphatic carbocycles. The minimum Gasteiger partial charge on any atom is -0.387 e. The number of aliphatic hydroxyl groups excluding tert-OH is 1. The summed E-state index contributed by atoms with van der Waals surface area (Å²) in [7, 11) is -2.43. The van der Waals surface area contributed by atoms with Crippen LogP contribution in [-0.4, -0.2) is 31.4 Å². The van der Waals surface area contributed by atoms with E-state index in [2.05, 4.69) is 0 Å². The molecule has 0 bridgehead atoms. The van der Waals surface area contributed by atoms with E-state index in [0.29, 0.717) is 10.6 Å². The lowest BCUT2D eigenvalue weighted by atomic mass is 10.1. The fourth-order valence-electron chi connectivity index (χ4n) is 1.92. The summed E-state index contributed by atoms with van der Waals surface area (Å²) >= 11 is 5.77. The first-order chi connectivity index (χ1) is 10.3. The number of likely N-dealkylation sites (N-methyl/N-ethyl adjacent to an activating group) is 1. The Balaban J connectivity index is 2.15. The molecule has 0 radical (unpaired) electrons. The van der Waals surface area contributed by atoms with Gasteiger partial charge >= 0.3 is 0 Å². The number of rotatable bonds is 5. The molecule has 1 unspecified atom stereocenters. The number of nitrogens with zero attached hydrogens (tertiary/aromatic N) is 1. The fourth-order valence-corrected chi connectivity index (χ4v) is 3.22. The Morgan fingerprint density at radius 2 is 1.68 bits per heavy atom. The van der Waals surface area contributed by atoms with Crippen LogP contribution in [0.3, 0.4) is 0 Å². The van der Waals surface area contributed by atoms with Gasteiger partial charge in [0.1, 0.15) is 5.82 Å². The third kappa shape index (κ3) is 3.84. The Morgan fingerprint density at radius 1 is 1.14 bits per heavy atom. The molecule has 1 N–H and O–H groups in total. The van der Waals surface area contributed by atoms with Gasteiger partial charge in [0.15, 0.2) is 0 Å². The van der Waals surface area contributed by atoms with E-state index in [1.165, 1.54) is 19.2 Å². The van der Waals surface area contributed by atoms with E-state index in [0.717, 1.165) is 16.4 Å². The Labute approximate surface area is 133 Å². The van der Waals surface area contributed by atoms with Crippen molar-refractivity contribution in [2.45, 2.75) is 11.0 Å². The van der Waals surface area contributed by atoms with Gasteiger partial charge in [-0.25, -0.2) is 12.8 Å². The average Bonchev–Trinajstić information content (AvgIpc) is 2.48. The van der Waals surface area contributed by atoms with E-state index < -0.39 is 21.9 Å². The van der Waals surface area contributed by atoms with Crippen LogP contribution >= 0.6 is 11.6 Å². The number of benzene rings is 2. The topological polar surface area (TPSA) is 57.6 Å². The van der Waals surface area contributed by atoms with Crippen LogP contribution in [0.4, 0.5) is 4.39 Å². The third-order valence-electron chi connectivity index (χ3n) is 3.21. The molecule has 7 heteroatoms. The van der Waals surface area contributed by atoms with Gasteiger partial charge in [-0.2, -0.15) is 4.31 Å². The van der Waals surface area contributed by atoms with Crippen molar-refractivity contribution in [3.05, 3.63) is 64.9 Å². The van der Waals surface area contributed by atoms with Crippen LogP contribution in [0.5, 0.6) is 0 Å². The molecule has 0 aliphatic heterocycles. The maximum Gasteiger partial charge on any atom is 0.242 e. The van der Waals surface area contributed by atoms with Crippen LogP contribution in [-0.2, 0) is 10.0 Å². The first-order valence-corrected chi connectivity index (χ1v) is 8.28. The molecule has 1 atom stereocenters. The molecule has 0 saturated carbocycles. The van der Waals surface area contributed by atoms with Crippen molar-refractivity contribution in [2.75, 3.05) is 13.6 Å². The zero-order valence-electron chi connectivity index (χ0n) is 11.8. The van der Waals surface area contributed by atoms with Gasteiger partial charge in [-0.1, -0.05) is 23.7 Å². The molecule has 0 spiro atoms. The maximum atomic E-state index is 12.9. The van der Waals surface area contributed by atoms with Gasteiger partial charge in [0.25, 0.3) is 0 Å². The molecule has 2 aromatic carbocycles. The zero-order valence-corrected chi connectivity index (χ0v) is 13.4. The van der Waals surface area contributed by atoms with Crippen molar-refractivity contribution in [1.29, 1.82) is 0 Å². The molecule has 118 valence electrons. The highest BCUT2D eigenvalue weighted by Gasteiger charge is 2.23. The highest BCUT2D eigenvalue weighted by atomic mass is 35.5. The van der Waals surface area contributed by atoms with E-state index in [1.807, 2.05) is 0 Å². The van der Waals surface area contributed by atoms with Crippen LogP contribution in [0.1, 0.15) is 11.7 Å². The van der Waals surface area contributed by atoms with E-state index in [9.17, 15) is 17.9 Å².